The van der Waals surface area contributed by atoms with Crippen molar-refractivity contribution in [2.75, 3.05) is 78.0 Å². The van der Waals surface area contributed by atoms with Crippen molar-refractivity contribution in [1.82, 2.24) is 103 Å². The number of amides is 17. The minimum Gasteiger partial charge on any atom is -0.508 e. The molecule has 4 saturated heterocycles. The number of nitrogens with one attached hydrogen (secondary N) is 14. The summed E-state index contributed by atoms with van der Waals surface area (Å²) in [5, 5.41) is 64.0. The number of carbonyl (C=O) groups excluding carboxylic acids is 17. The first-order valence-electron chi connectivity index (χ1n) is 45.7. The number of nitrogens with two attached hydrogens (primary N) is 3. The SMILES string of the molecule is CCCC[C@H]1C(=O)N(C)[C@@H](CCCC)C(=O)NC(CCCN)C(=O)N[C@H](C(=O)NCC(N)=O)CSCC(=O)NC(Cc2ccc(O)cc2)C(=O)N2CCNCC2C(=O)N[C@@H](CC(N)=O)C(=O)N2CCCC2C(=O)N[C@@H](Cc2c[nH]cn2)C(=O)NC(CC(C)C)C(=O)N2C[C@H](O)CC2C(=O)N[C@@H](Cc2c[nH]c3ccccc23)C(=O)NC(CO)C(=O)NC(Cc2c[nH]c3ccccc23)C(=O)N1C. The quantitative estimate of drug-likeness (QED) is 0.0264. The minimum absolute atomic E-state index is 0.00338. The van der Waals surface area contributed by atoms with Gasteiger partial charge in [0.2, 0.25) is 100 Å². The number of unbranched alkanes of at least 4 members (excludes halogenated alkanes) is 2. The molecule has 4 aliphatic rings. The van der Waals surface area contributed by atoms with Gasteiger partial charge in [-0.15, -0.1) is 11.8 Å². The number of aromatic nitrogens is 4. The highest BCUT2D eigenvalue weighted by Gasteiger charge is 2.47. The van der Waals surface area contributed by atoms with Crippen LogP contribution in [0.3, 0.4) is 0 Å². The highest BCUT2D eigenvalue weighted by atomic mass is 32.2. The number of hydrogen-bond donors (Lipinski definition) is 20. The molecule has 6 aromatic rings. The number of phenols is 1. The molecule has 17 amide bonds. The number of imidazole rings is 1. The number of primary amides is 2. The molecule has 0 saturated carbocycles. The highest BCUT2D eigenvalue weighted by Crippen LogP contribution is 2.28. The van der Waals surface area contributed by atoms with Gasteiger partial charge in [0, 0.05) is 125 Å². The molecule has 43 nitrogen and oxygen atoms in total. The molecule has 0 radical (unpaired) electrons. The zero-order valence-electron chi connectivity index (χ0n) is 76.7. The van der Waals surface area contributed by atoms with Gasteiger partial charge < -0.3 is 130 Å². The minimum atomic E-state index is -1.88. The van der Waals surface area contributed by atoms with Crippen LogP contribution in [0.25, 0.3) is 21.8 Å². The van der Waals surface area contributed by atoms with E-state index in [9.17, 15) is 48.9 Å². The molecule has 10 rings (SSSR count). The number of piperazine rings is 1. The number of H-pyrrole nitrogens is 3. The van der Waals surface area contributed by atoms with Gasteiger partial charge in [-0.1, -0.05) is 102 Å². The second kappa shape index (κ2) is 49.8. The number of rotatable bonds is 25. The number of benzene rings is 3. The van der Waals surface area contributed by atoms with Gasteiger partial charge in [0.25, 0.3) is 0 Å². The number of likely N-dealkylation sites (N-methyl/N-ethyl adjacent to an activating group) is 2. The first-order chi connectivity index (χ1) is 64.6. The van der Waals surface area contributed by atoms with Crippen molar-refractivity contribution in [3.05, 3.63) is 120 Å². The van der Waals surface area contributed by atoms with Crippen molar-refractivity contribution < 1.29 is 96.8 Å². The third-order valence-corrected chi connectivity index (χ3v) is 25.6. The van der Waals surface area contributed by atoms with Crippen LogP contribution in [0.4, 0.5) is 0 Å². The summed E-state index contributed by atoms with van der Waals surface area (Å²) >= 11 is 0.792. The maximum Gasteiger partial charge on any atom is 0.246 e. The molecule has 0 spiro atoms. The van der Waals surface area contributed by atoms with Gasteiger partial charge in [-0.2, -0.15) is 0 Å². The Labute approximate surface area is 784 Å². The Morgan fingerprint density at radius 1 is 0.548 bits per heavy atom. The van der Waals surface area contributed by atoms with E-state index in [-0.39, 0.29) is 127 Å². The van der Waals surface area contributed by atoms with Crippen LogP contribution in [0.5, 0.6) is 5.75 Å². The first-order valence-corrected chi connectivity index (χ1v) is 46.9. The molecular weight excluding hydrogens is 1770 g/mol. The second-order valence-electron chi connectivity index (χ2n) is 35.0. The molecule has 135 heavy (non-hydrogen) atoms. The first kappa shape index (κ1) is 104. The lowest BCUT2D eigenvalue weighted by Crippen LogP contribution is -2.65. The van der Waals surface area contributed by atoms with E-state index in [0.29, 0.717) is 64.2 Å². The topological polar surface area (TPSA) is 638 Å². The standard InChI is InChI=1S/C91H127N23O20S/c1-7-9-22-70-83(126)102-61(21-15-29-92)79(122)109-69(78(121)99-44-76(94)119)47-135-48-77(120)101-65(34-51-25-27-55(116)28-26-51)88(131)113-32-30-95-43-74(113)86(129)107-67(39-75(93)118)89(132)112-31-16-24-71(112)84(127)104-63(37-54-42-96-49-100-54)81(124)105-64(33-50(3)4)90(133)114-45-56(117)38-73(114)85(128)103-62(35-52-40-97-59-19-13-11-17-57(52)59)80(123)108-68(46-115)82(125)106-66(36-53-41-98-60-20-14-12-18-58(53)60)87(130)111(6)72(23-10-8-2)91(134)110(70)5/h11-14,17-20,25-28,40-42,49-50,56,61-74,95,97-98,115-117H,7-10,15-16,21-24,29-39,43-48,92H2,1-6H3,(H2,93,118)(H2,94,119)(H,96,100)(H,99,121)(H,101,120)(H,102,126)(H,103,128)(H,104,127)(H,105,124)(H,106,125)(H,107,129)(H,108,123)(H,109,122)/t56-,61?,62+,63+,64?,65?,66?,67+,68?,69+,70+,71?,72+,73?,74?/m1/s1. The molecule has 4 fully saturated rings. The molecule has 44 heteroatoms. The maximum absolute atomic E-state index is 15.7. The van der Waals surface area contributed by atoms with Crippen molar-refractivity contribution in [3.63, 3.8) is 0 Å². The molecule has 0 aliphatic carbocycles. The van der Waals surface area contributed by atoms with E-state index in [0.717, 1.165) is 31.4 Å². The fourth-order valence-electron chi connectivity index (χ4n) is 17.3. The Morgan fingerprint density at radius 2 is 1.09 bits per heavy atom. The van der Waals surface area contributed by atoms with Gasteiger partial charge in [-0.25, -0.2) is 4.98 Å². The average molecular weight is 1900 g/mol. The molecule has 3 aromatic carbocycles. The Bertz CT molecular complexity index is 5190. The number of aromatic amines is 3. The number of nitrogens with zero attached hydrogens (tertiary/aromatic N) is 6. The summed E-state index contributed by atoms with van der Waals surface area (Å²) in [5.41, 5.74) is 20.2. The fourth-order valence-corrected chi connectivity index (χ4v) is 18.2. The third-order valence-electron chi connectivity index (χ3n) is 24.5. The molecule has 7 heterocycles. The van der Waals surface area contributed by atoms with Gasteiger partial charge >= 0.3 is 0 Å². The number of aliphatic hydroxyl groups excluding tert-OH is 2. The van der Waals surface area contributed by atoms with Crippen LogP contribution in [-0.4, -0.2) is 329 Å². The molecule has 4 aliphatic heterocycles. The van der Waals surface area contributed by atoms with Gasteiger partial charge in [0.15, 0.2) is 0 Å². The number of fused-ring (bicyclic) bond motifs is 5. The van der Waals surface area contributed by atoms with Crippen LogP contribution in [0, 0.1) is 5.92 Å². The fraction of sp³-hybridized carbons (Fsp3) is 0.538. The Balaban J connectivity index is 1.02. The van der Waals surface area contributed by atoms with E-state index < -0.39 is 229 Å². The van der Waals surface area contributed by atoms with E-state index in [4.69, 9.17) is 17.2 Å². The summed E-state index contributed by atoms with van der Waals surface area (Å²) < 4.78 is 0. The van der Waals surface area contributed by atoms with Gasteiger partial charge in [-0.3, -0.25) is 81.5 Å². The number of hydrogen-bond acceptors (Lipinski definition) is 24. The lowest BCUT2D eigenvalue weighted by molar-refractivity contribution is -0.149. The summed E-state index contributed by atoms with van der Waals surface area (Å²) in [6.07, 6.45) is 4.11. The highest BCUT2D eigenvalue weighted by molar-refractivity contribution is 8.00. The molecule has 3 aromatic heterocycles. The lowest BCUT2D eigenvalue weighted by atomic mass is 10.00. The van der Waals surface area contributed by atoms with E-state index >= 15 is 47.9 Å². The van der Waals surface area contributed by atoms with Crippen LogP contribution < -0.4 is 75.7 Å². The normalized spacial score (nSPS) is 25.3. The average Bonchev–Trinajstić information content (AvgIpc) is 1.43. The number of phenolic OH excluding ortho intramolecular Hbond substituents is 1. The van der Waals surface area contributed by atoms with Crippen molar-refractivity contribution in [2.45, 2.75) is 228 Å². The number of thioether (sulfide) groups is 1. The number of aromatic hydroxyl groups is 1. The zero-order chi connectivity index (χ0) is 97.9. The molecular formula is C91H127N23O20S. The summed E-state index contributed by atoms with van der Waals surface area (Å²) in [5.74, 6) is -17.1. The Morgan fingerprint density at radius 3 is 1.70 bits per heavy atom. The number of aliphatic hydroxyl groups is 2. The lowest BCUT2D eigenvalue weighted by Gasteiger charge is -2.38. The van der Waals surface area contributed by atoms with E-state index in [1.54, 1.807) is 74.8 Å². The van der Waals surface area contributed by atoms with Crippen LogP contribution in [0.15, 0.2) is 97.7 Å². The predicted octanol–water partition coefficient (Wildman–Crippen LogP) is -3.50. The second-order valence-corrected chi connectivity index (χ2v) is 36.1. The molecule has 8 unspecified atom stereocenters. The van der Waals surface area contributed by atoms with Crippen LogP contribution >= 0.6 is 11.8 Å². The monoisotopic (exact) mass is 1890 g/mol. The maximum atomic E-state index is 15.7. The molecule has 732 valence electrons. The van der Waals surface area contributed by atoms with Crippen molar-refractivity contribution in [2.24, 2.45) is 23.1 Å². The van der Waals surface area contributed by atoms with Gasteiger partial charge in [-0.05, 0) is 98.4 Å². The van der Waals surface area contributed by atoms with Crippen molar-refractivity contribution in [3.8, 4) is 5.75 Å². The Kier molecular flexibility index (Phi) is 38.4. The van der Waals surface area contributed by atoms with Crippen molar-refractivity contribution in [1.29, 1.82) is 0 Å². The van der Waals surface area contributed by atoms with Crippen LogP contribution in [-0.2, 0) is 107 Å². The predicted molar refractivity (Wildman–Crippen MR) is 495 cm³/mol. The summed E-state index contributed by atoms with van der Waals surface area (Å²) in [4.78, 5) is 271. The molecule has 23 N–H and O–H groups in total. The smallest absolute Gasteiger partial charge is 0.246 e. The number of para-hydroxylation sites is 2. The summed E-state index contributed by atoms with van der Waals surface area (Å²) in [6, 6.07) is -1.81. The van der Waals surface area contributed by atoms with E-state index in [1.165, 1.54) is 55.8 Å². The zero-order valence-corrected chi connectivity index (χ0v) is 77.5. The van der Waals surface area contributed by atoms with E-state index in [1.807, 2.05) is 13.8 Å². The summed E-state index contributed by atoms with van der Waals surface area (Å²) in [7, 11) is 2.72. The molecule has 0 bridgehead atoms. The Hall–Kier alpha value is -13.1. The van der Waals surface area contributed by atoms with Crippen molar-refractivity contribution >= 4 is 134 Å². The summed E-state index contributed by atoms with van der Waals surface area (Å²) in [6.45, 7) is 4.53. The van der Waals surface area contributed by atoms with Gasteiger partial charge in [0.05, 0.1) is 43.5 Å². The number of carbonyl (C=O) groups is 17. The molecule has 15 atom stereocenters. The largest absolute Gasteiger partial charge is 0.508 e. The third kappa shape index (κ3) is 28.3. The van der Waals surface area contributed by atoms with Crippen LogP contribution in [0.1, 0.15) is 134 Å². The van der Waals surface area contributed by atoms with Crippen LogP contribution in [0.2, 0.25) is 0 Å². The van der Waals surface area contributed by atoms with E-state index in [2.05, 4.69) is 78.4 Å². The van der Waals surface area contributed by atoms with Gasteiger partial charge in [0.1, 0.15) is 90.3 Å².